The average molecular weight is 342 g/mol. The van der Waals surface area contributed by atoms with Crippen LogP contribution in [0, 0.1) is 12.7 Å². The number of nitrogens with one attached hydrogen (secondary N) is 1. The van der Waals surface area contributed by atoms with Gasteiger partial charge in [-0.25, -0.2) is 4.39 Å². The second-order valence-corrected chi connectivity index (χ2v) is 6.96. The molecule has 0 aliphatic rings. The van der Waals surface area contributed by atoms with Gasteiger partial charge in [-0.15, -0.1) is 11.3 Å². The van der Waals surface area contributed by atoms with Crippen LogP contribution < -0.4 is 5.32 Å². The van der Waals surface area contributed by atoms with Crippen molar-refractivity contribution < 1.29 is 4.39 Å². The highest BCUT2D eigenvalue weighted by Gasteiger charge is 2.15. The van der Waals surface area contributed by atoms with E-state index >= 15 is 0 Å². The molecule has 0 radical (unpaired) electrons. The lowest BCUT2D eigenvalue weighted by atomic mass is 10.1. The molecule has 0 spiro atoms. The summed E-state index contributed by atoms with van der Waals surface area (Å²) in [4.78, 5) is 2.58. The van der Waals surface area contributed by atoms with Crippen LogP contribution in [0.15, 0.2) is 34.8 Å². The quantitative estimate of drug-likeness (QED) is 0.788. The molecule has 2 unspecified atom stereocenters. The third-order valence-corrected chi connectivity index (χ3v) is 4.79. The van der Waals surface area contributed by atoms with Gasteiger partial charge in [-0.1, -0.05) is 22.0 Å². The van der Waals surface area contributed by atoms with E-state index in [1.165, 1.54) is 15.8 Å². The van der Waals surface area contributed by atoms with Gasteiger partial charge < -0.3 is 5.32 Å². The van der Waals surface area contributed by atoms with Crippen LogP contribution >= 0.6 is 27.3 Å². The molecular formula is C15H17BrFNS. The number of halogens is 2. The molecule has 0 saturated heterocycles. The summed E-state index contributed by atoms with van der Waals surface area (Å²) in [7, 11) is 0. The largest absolute Gasteiger partial charge is 0.303 e. The lowest BCUT2D eigenvalue weighted by molar-refractivity contribution is 0.478. The number of rotatable bonds is 4. The molecule has 0 aliphatic heterocycles. The number of aryl methyl sites for hydroxylation is 1. The molecule has 0 bridgehead atoms. The van der Waals surface area contributed by atoms with Gasteiger partial charge in [0.15, 0.2) is 0 Å². The first-order valence-electron chi connectivity index (χ1n) is 6.24. The predicted octanol–water partition coefficient (Wildman–Crippen LogP) is 5.37. The van der Waals surface area contributed by atoms with Crippen molar-refractivity contribution in [2.75, 3.05) is 0 Å². The van der Waals surface area contributed by atoms with E-state index in [4.69, 9.17) is 0 Å². The van der Waals surface area contributed by atoms with Gasteiger partial charge in [-0.05, 0) is 45.0 Å². The Bertz CT molecular complexity index is 567. The summed E-state index contributed by atoms with van der Waals surface area (Å²) in [5.41, 5.74) is 0.698. The van der Waals surface area contributed by atoms with Crippen molar-refractivity contribution in [3.05, 3.63) is 55.9 Å². The third kappa shape index (κ3) is 3.65. The molecule has 2 rings (SSSR count). The van der Waals surface area contributed by atoms with Crippen LogP contribution in [0.3, 0.4) is 0 Å². The lowest BCUT2D eigenvalue weighted by Crippen LogP contribution is -2.22. The Labute approximate surface area is 126 Å². The summed E-state index contributed by atoms with van der Waals surface area (Å²) in [6.45, 7) is 6.19. The SMILES string of the molecule is Cc1ccc(C(C)NC(C)c2ccc(Br)cc2F)s1. The fraction of sp³-hybridized carbons (Fsp3) is 0.333. The molecule has 0 saturated carbocycles. The molecule has 102 valence electrons. The van der Waals surface area contributed by atoms with Crippen molar-refractivity contribution in [2.45, 2.75) is 32.9 Å². The summed E-state index contributed by atoms with van der Waals surface area (Å²) in [6, 6.07) is 9.64. The summed E-state index contributed by atoms with van der Waals surface area (Å²) < 4.78 is 14.7. The molecule has 1 aromatic heterocycles. The van der Waals surface area contributed by atoms with Gasteiger partial charge in [-0.2, -0.15) is 0 Å². The van der Waals surface area contributed by atoms with Gasteiger partial charge in [0.2, 0.25) is 0 Å². The fourth-order valence-corrected chi connectivity index (χ4v) is 3.31. The topological polar surface area (TPSA) is 12.0 Å². The fourth-order valence-electron chi connectivity index (χ4n) is 2.09. The summed E-state index contributed by atoms with van der Waals surface area (Å²) in [6.07, 6.45) is 0. The van der Waals surface area contributed by atoms with Gasteiger partial charge in [0.05, 0.1) is 0 Å². The maximum absolute atomic E-state index is 13.9. The summed E-state index contributed by atoms with van der Waals surface area (Å²) in [5, 5.41) is 3.44. The Hall–Kier alpha value is -0.710. The van der Waals surface area contributed by atoms with Crippen molar-refractivity contribution in [3.8, 4) is 0 Å². The maximum Gasteiger partial charge on any atom is 0.129 e. The van der Waals surface area contributed by atoms with Crippen LogP contribution in [0.25, 0.3) is 0 Å². The van der Waals surface area contributed by atoms with Gasteiger partial charge in [0.25, 0.3) is 0 Å². The zero-order chi connectivity index (χ0) is 14.0. The van der Waals surface area contributed by atoms with E-state index < -0.39 is 0 Å². The maximum atomic E-state index is 13.9. The summed E-state index contributed by atoms with van der Waals surface area (Å²) in [5.74, 6) is -0.177. The van der Waals surface area contributed by atoms with Crippen LogP contribution in [0.2, 0.25) is 0 Å². The van der Waals surface area contributed by atoms with Crippen molar-refractivity contribution in [2.24, 2.45) is 0 Å². The lowest BCUT2D eigenvalue weighted by Gasteiger charge is -2.20. The molecule has 2 aromatic rings. The molecule has 1 N–H and O–H groups in total. The van der Waals surface area contributed by atoms with E-state index in [1.807, 2.05) is 19.1 Å². The van der Waals surface area contributed by atoms with Crippen molar-refractivity contribution >= 4 is 27.3 Å². The average Bonchev–Trinajstić information content (AvgIpc) is 2.75. The van der Waals surface area contributed by atoms with E-state index in [-0.39, 0.29) is 17.9 Å². The van der Waals surface area contributed by atoms with Crippen LogP contribution in [0.5, 0.6) is 0 Å². The van der Waals surface area contributed by atoms with Crippen molar-refractivity contribution in [1.82, 2.24) is 5.32 Å². The predicted molar refractivity (Wildman–Crippen MR) is 83.1 cm³/mol. The number of thiophene rings is 1. The molecule has 0 fully saturated rings. The Balaban J connectivity index is 2.10. The molecule has 0 aliphatic carbocycles. The zero-order valence-corrected chi connectivity index (χ0v) is 13.6. The van der Waals surface area contributed by atoms with Crippen LogP contribution in [0.1, 0.15) is 41.2 Å². The van der Waals surface area contributed by atoms with E-state index in [1.54, 1.807) is 11.3 Å². The Morgan fingerprint density at radius 2 is 1.89 bits per heavy atom. The molecule has 1 nitrogen and oxygen atoms in total. The molecule has 19 heavy (non-hydrogen) atoms. The Morgan fingerprint density at radius 1 is 1.16 bits per heavy atom. The van der Waals surface area contributed by atoms with Gasteiger partial charge >= 0.3 is 0 Å². The molecule has 0 amide bonds. The van der Waals surface area contributed by atoms with Crippen LogP contribution in [-0.4, -0.2) is 0 Å². The highest BCUT2D eigenvalue weighted by Crippen LogP contribution is 2.27. The molecule has 4 heteroatoms. The Kier molecular flexibility index (Phi) is 4.76. The van der Waals surface area contributed by atoms with Gasteiger partial charge in [0.1, 0.15) is 5.82 Å². The molecule has 1 aromatic carbocycles. The monoisotopic (exact) mass is 341 g/mol. The second-order valence-electron chi connectivity index (χ2n) is 4.72. The van der Waals surface area contributed by atoms with E-state index in [2.05, 4.69) is 47.2 Å². The van der Waals surface area contributed by atoms with Gasteiger partial charge in [-0.3, -0.25) is 0 Å². The number of hydrogen-bond acceptors (Lipinski definition) is 2. The highest BCUT2D eigenvalue weighted by atomic mass is 79.9. The first-order valence-corrected chi connectivity index (χ1v) is 7.85. The highest BCUT2D eigenvalue weighted by molar-refractivity contribution is 9.10. The first-order chi connectivity index (χ1) is 8.97. The van der Waals surface area contributed by atoms with Crippen LogP contribution in [-0.2, 0) is 0 Å². The molecular weight excluding hydrogens is 325 g/mol. The van der Waals surface area contributed by atoms with Crippen molar-refractivity contribution in [1.29, 1.82) is 0 Å². The minimum Gasteiger partial charge on any atom is -0.303 e. The molecule has 2 atom stereocenters. The van der Waals surface area contributed by atoms with E-state index in [9.17, 15) is 4.39 Å². The second kappa shape index (κ2) is 6.16. The van der Waals surface area contributed by atoms with Crippen molar-refractivity contribution in [3.63, 3.8) is 0 Å². The Morgan fingerprint density at radius 3 is 2.47 bits per heavy atom. The van der Waals surface area contributed by atoms with Crippen LogP contribution in [0.4, 0.5) is 4.39 Å². The normalized spacial score (nSPS) is 14.4. The number of benzene rings is 1. The van der Waals surface area contributed by atoms with E-state index in [0.29, 0.717) is 5.56 Å². The van der Waals surface area contributed by atoms with Gasteiger partial charge in [0, 0.05) is 31.9 Å². The zero-order valence-electron chi connectivity index (χ0n) is 11.2. The third-order valence-electron chi connectivity index (χ3n) is 3.12. The van der Waals surface area contributed by atoms with E-state index in [0.717, 1.165) is 4.47 Å². The smallest absolute Gasteiger partial charge is 0.129 e. The molecule has 1 heterocycles. The number of hydrogen-bond donors (Lipinski definition) is 1. The summed E-state index contributed by atoms with van der Waals surface area (Å²) >= 11 is 5.05. The minimum atomic E-state index is -0.177. The first kappa shape index (κ1) is 14.7. The standard InChI is InChI=1S/C15H17BrFNS/c1-9-4-7-15(19-9)11(3)18-10(2)13-6-5-12(16)8-14(13)17/h4-8,10-11,18H,1-3H3. The minimum absolute atomic E-state index is 0.0227.